The molecule has 1 fully saturated rings. The first kappa shape index (κ1) is 13.3. The Kier molecular flexibility index (Phi) is 4.52. The van der Waals surface area contributed by atoms with Crippen LogP contribution in [0.1, 0.15) is 19.0 Å². The number of hydrogen-bond acceptors (Lipinski definition) is 3. The summed E-state index contributed by atoms with van der Waals surface area (Å²) in [5, 5.41) is 7.34. The molecule has 0 unspecified atom stereocenters. The number of urea groups is 1. The predicted molar refractivity (Wildman–Crippen MR) is 75.2 cm³/mol. The topological polar surface area (TPSA) is 50.2 Å². The lowest BCUT2D eigenvalue weighted by Gasteiger charge is -2.26. The maximum atomic E-state index is 12.1. The zero-order valence-corrected chi connectivity index (χ0v) is 11.8. The van der Waals surface area contributed by atoms with E-state index in [4.69, 9.17) is 0 Å². The summed E-state index contributed by atoms with van der Waals surface area (Å²) < 4.78 is 1.87. The molecule has 0 radical (unpaired) electrons. The van der Waals surface area contributed by atoms with E-state index < -0.39 is 0 Å². The van der Waals surface area contributed by atoms with Crippen LogP contribution in [0.15, 0.2) is 6.07 Å². The van der Waals surface area contributed by atoms with Crippen molar-refractivity contribution < 1.29 is 4.79 Å². The van der Waals surface area contributed by atoms with Crippen LogP contribution in [0.5, 0.6) is 0 Å². The molecular formula is C12H20N4OS. The lowest BCUT2D eigenvalue weighted by atomic mass is 10.4. The van der Waals surface area contributed by atoms with Crippen molar-refractivity contribution in [2.75, 3.05) is 29.9 Å². The minimum atomic E-state index is -0.00690. The van der Waals surface area contributed by atoms with Crippen LogP contribution in [-0.2, 0) is 6.54 Å². The summed E-state index contributed by atoms with van der Waals surface area (Å²) in [5.74, 6) is 2.86. The van der Waals surface area contributed by atoms with Crippen LogP contribution in [0.25, 0.3) is 0 Å². The molecule has 0 atom stereocenters. The molecule has 1 aromatic heterocycles. The monoisotopic (exact) mass is 268 g/mol. The minimum absolute atomic E-state index is 0.00690. The van der Waals surface area contributed by atoms with Crippen molar-refractivity contribution in [3.63, 3.8) is 0 Å². The normalized spacial score (nSPS) is 15.8. The molecule has 1 aliphatic rings. The minimum Gasteiger partial charge on any atom is -0.323 e. The van der Waals surface area contributed by atoms with Crippen molar-refractivity contribution in [1.29, 1.82) is 0 Å². The number of hydrogen-bond donors (Lipinski definition) is 1. The van der Waals surface area contributed by atoms with E-state index >= 15 is 0 Å². The Hall–Kier alpha value is -1.17. The van der Waals surface area contributed by atoms with Crippen molar-refractivity contribution in [1.82, 2.24) is 14.7 Å². The molecular weight excluding hydrogens is 248 g/mol. The molecule has 5 nitrogen and oxygen atoms in total. The summed E-state index contributed by atoms with van der Waals surface area (Å²) in [6.45, 7) is 6.54. The molecule has 1 N–H and O–H groups in total. The molecule has 1 aromatic rings. The van der Waals surface area contributed by atoms with Crippen molar-refractivity contribution >= 4 is 23.6 Å². The number of aromatic nitrogens is 2. The van der Waals surface area contributed by atoms with Gasteiger partial charge in [0.25, 0.3) is 0 Å². The van der Waals surface area contributed by atoms with Crippen LogP contribution >= 0.6 is 11.8 Å². The fourth-order valence-electron chi connectivity index (χ4n) is 1.98. The Morgan fingerprint density at radius 3 is 2.89 bits per heavy atom. The second-order valence-corrected chi connectivity index (χ2v) is 5.65. The van der Waals surface area contributed by atoms with Gasteiger partial charge in [0.15, 0.2) is 0 Å². The number of rotatable bonds is 3. The first-order valence-electron chi connectivity index (χ1n) is 6.39. The zero-order valence-electron chi connectivity index (χ0n) is 11.0. The Bertz CT molecular complexity index is 412. The standard InChI is InChI=1S/C12H20N4OS/c1-3-4-16-11(9-10(2)14-16)13-12(17)15-5-7-18-8-6-15/h9H,3-8H2,1-2H3,(H,13,17). The third kappa shape index (κ3) is 3.19. The zero-order chi connectivity index (χ0) is 13.0. The molecule has 6 heteroatoms. The number of anilines is 1. The van der Waals surface area contributed by atoms with E-state index in [0.29, 0.717) is 0 Å². The molecule has 0 aliphatic carbocycles. The summed E-state index contributed by atoms with van der Waals surface area (Å²) in [6.07, 6.45) is 1.00. The van der Waals surface area contributed by atoms with Crippen molar-refractivity contribution in [2.24, 2.45) is 0 Å². The largest absolute Gasteiger partial charge is 0.323 e. The highest BCUT2D eigenvalue weighted by Crippen LogP contribution is 2.14. The Morgan fingerprint density at radius 1 is 1.50 bits per heavy atom. The number of carbonyl (C=O) groups is 1. The quantitative estimate of drug-likeness (QED) is 0.914. The van der Waals surface area contributed by atoms with E-state index in [-0.39, 0.29) is 6.03 Å². The lowest BCUT2D eigenvalue weighted by Crippen LogP contribution is -2.41. The van der Waals surface area contributed by atoms with Crippen LogP contribution in [0.3, 0.4) is 0 Å². The van der Waals surface area contributed by atoms with E-state index in [1.807, 2.05) is 34.3 Å². The average Bonchev–Trinajstić information content (AvgIpc) is 2.71. The Balaban J connectivity index is 2.01. The summed E-state index contributed by atoms with van der Waals surface area (Å²) >= 11 is 1.90. The van der Waals surface area contributed by atoms with Gasteiger partial charge in [0.2, 0.25) is 0 Å². The van der Waals surface area contributed by atoms with Gasteiger partial charge in [-0.3, -0.25) is 5.32 Å². The van der Waals surface area contributed by atoms with Crippen LogP contribution in [0.4, 0.5) is 10.6 Å². The van der Waals surface area contributed by atoms with Crippen LogP contribution in [0, 0.1) is 6.92 Å². The highest BCUT2D eigenvalue weighted by Gasteiger charge is 2.18. The van der Waals surface area contributed by atoms with E-state index in [0.717, 1.165) is 49.1 Å². The van der Waals surface area contributed by atoms with Crippen LogP contribution in [0.2, 0.25) is 0 Å². The van der Waals surface area contributed by atoms with Crippen molar-refractivity contribution in [3.05, 3.63) is 11.8 Å². The molecule has 18 heavy (non-hydrogen) atoms. The second kappa shape index (κ2) is 6.13. The van der Waals surface area contributed by atoms with Gasteiger partial charge in [0, 0.05) is 37.2 Å². The number of amides is 2. The predicted octanol–water partition coefficient (Wildman–Crippen LogP) is 2.18. The highest BCUT2D eigenvalue weighted by molar-refractivity contribution is 7.99. The first-order chi connectivity index (χ1) is 8.70. The summed E-state index contributed by atoms with van der Waals surface area (Å²) in [4.78, 5) is 14.0. The molecule has 2 amide bonds. The van der Waals surface area contributed by atoms with Gasteiger partial charge in [-0.05, 0) is 13.3 Å². The van der Waals surface area contributed by atoms with Crippen LogP contribution in [-0.4, -0.2) is 45.3 Å². The number of thioether (sulfide) groups is 1. The lowest BCUT2D eigenvalue weighted by molar-refractivity contribution is 0.216. The molecule has 0 aromatic carbocycles. The van der Waals surface area contributed by atoms with E-state index in [1.165, 1.54) is 0 Å². The average molecular weight is 268 g/mol. The third-order valence-electron chi connectivity index (χ3n) is 2.87. The van der Waals surface area contributed by atoms with Gasteiger partial charge in [-0.15, -0.1) is 0 Å². The Labute approximate surface area is 112 Å². The Morgan fingerprint density at radius 2 is 2.22 bits per heavy atom. The van der Waals surface area contributed by atoms with Gasteiger partial charge in [-0.25, -0.2) is 9.48 Å². The molecule has 0 spiro atoms. The molecule has 2 heterocycles. The van der Waals surface area contributed by atoms with E-state index in [9.17, 15) is 4.79 Å². The van der Waals surface area contributed by atoms with Gasteiger partial charge in [0.1, 0.15) is 5.82 Å². The number of nitrogens with zero attached hydrogens (tertiary/aromatic N) is 3. The second-order valence-electron chi connectivity index (χ2n) is 4.42. The smallest absolute Gasteiger partial charge is 0.323 e. The third-order valence-corrected chi connectivity index (χ3v) is 3.81. The van der Waals surface area contributed by atoms with Gasteiger partial charge < -0.3 is 4.90 Å². The highest BCUT2D eigenvalue weighted by atomic mass is 32.2. The molecule has 1 saturated heterocycles. The number of carbonyl (C=O) groups excluding carboxylic acids is 1. The van der Waals surface area contributed by atoms with Gasteiger partial charge in [-0.2, -0.15) is 16.9 Å². The van der Waals surface area contributed by atoms with E-state index in [2.05, 4.69) is 17.3 Å². The fourth-order valence-corrected chi connectivity index (χ4v) is 2.89. The summed E-state index contributed by atoms with van der Waals surface area (Å²) in [6, 6.07) is 1.92. The molecule has 100 valence electrons. The van der Waals surface area contributed by atoms with Crippen LogP contribution < -0.4 is 5.32 Å². The number of nitrogens with one attached hydrogen (secondary N) is 1. The summed E-state index contributed by atoms with van der Waals surface area (Å²) in [7, 11) is 0. The van der Waals surface area contributed by atoms with Gasteiger partial charge in [-0.1, -0.05) is 6.92 Å². The maximum absolute atomic E-state index is 12.1. The van der Waals surface area contributed by atoms with E-state index in [1.54, 1.807) is 0 Å². The number of aryl methyl sites for hydroxylation is 2. The maximum Gasteiger partial charge on any atom is 0.323 e. The summed E-state index contributed by atoms with van der Waals surface area (Å²) in [5.41, 5.74) is 0.938. The SMILES string of the molecule is CCCn1nc(C)cc1NC(=O)N1CCSCC1. The molecule has 0 saturated carbocycles. The molecule has 2 rings (SSSR count). The van der Waals surface area contributed by atoms with Crippen molar-refractivity contribution in [2.45, 2.75) is 26.8 Å². The molecule has 1 aliphatic heterocycles. The fraction of sp³-hybridized carbons (Fsp3) is 0.667. The van der Waals surface area contributed by atoms with Crippen molar-refractivity contribution in [3.8, 4) is 0 Å². The molecule has 0 bridgehead atoms. The van der Waals surface area contributed by atoms with Gasteiger partial charge in [0.05, 0.1) is 5.69 Å². The van der Waals surface area contributed by atoms with Gasteiger partial charge >= 0.3 is 6.03 Å². The first-order valence-corrected chi connectivity index (χ1v) is 7.54.